The number of rotatable bonds is 10. The average molecular weight is 618 g/mol. The van der Waals surface area contributed by atoms with Crippen LogP contribution in [0.15, 0.2) is 77.3 Å². The van der Waals surface area contributed by atoms with Gasteiger partial charge in [0.1, 0.15) is 5.82 Å². The summed E-state index contributed by atoms with van der Waals surface area (Å²) in [6.45, 7) is 3.75. The van der Waals surface area contributed by atoms with Crippen LogP contribution in [-0.2, 0) is 30.3 Å². The Hall–Kier alpha value is -5.10. The van der Waals surface area contributed by atoms with Crippen LogP contribution in [0, 0.1) is 11.2 Å². The molecule has 0 amide bonds. The number of carboxylic acid groups (broad SMARTS) is 1. The molecule has 45 heavy (non-hydrogen) atoms. The molecule has 3 aromatic carbocycles. The molecule has 1 fully saturated rings. The lowest BCUT2D eigenvalue weighted by atomic mass is 9.78. The summed E-state index contributed by atoms with van der Waals surface area (Å²) in [6, 6.07) is 21.5. The van der Waals surface area contributed by atoms with E-state index in [0.717, 1.165) is 11.1 Å². The number of ether oxygens (including phenoxy) is 3. The maximum atomic E-state index is 14.9. The highest BCUT2D eigenvalue weighted by Gasteiger charge is 2.49. The first-order chi connectivity index (χ1) is 21.6. The quantitative estimate of drug-likeness (QED) is 0.128. The van der Waals surface area contributed by atoms with Crippen molar-refractivity contribution in [2.45, 2.75) is 39.3 Å². The van der Waals surface area contributed by atoms with Crippen molar-refractivity contribution in [3.63, 3.8) is 0 Å². The molecule has 2 heterocycles. The number of aliphatic carboxylic acids is 1. The Morgan fingerprint density at radius 2 is 1.64 bits per heavy atom. The minimum Gasteiger partial charge on any atom is -0.480 e. The van der Waals surface area contributed by atoms with E-state index in [-0.39, 0.29) is 18.7 Å². The zero-order valence-corrected chi connectivity index (χ0v) is 24.8. The minimum absolute atomic E-state index is 0.0360. The molecule has 0 atom stereocenters. The largest absolute Gasteiger partial charge is 0.511 e. The number of hydrogen-bond donors (Lipinski definition) is 1. The molecule has 1 N–H and O–H groups in total. The summed E-state index contributed by atoms with van der Waals surface area (Å²) in [7, 11) is 0. The molecule has 234 valence electrons. The van der Waals surface area contributed by atoms with Crippen LogP contribution < -0.4 is 0 Å². The Morgan fingerprint density at radius 3 is 2.29 bits per heavy atom. The number of nitrogens with zero attached hydrogens (tertiary/aromatic N) is 3. The Kier molecular flexibility index (Phi) is 9.53. The number of likely N-dealkylation sites (tertiary alicyclic amines) is 1. The molecule has 1 saturated heterocycles. The van der Waals surface area contributed by atoms with E-state index >= 15 is 0 Å². The lowest BCUT2D eigenvalue weighted by Gasteiger charge is -2.36. The topological polar surface area (TPSA) is 141 Å². The van der Waals surface area contributed by atoms with Crippen LogP contribution in [0.2, 0.25) is 0 Å². The maximum Gasteiger partial charge on any atom is 0.511 e. The molecule has 1 aliphatic heterocycles. The molecule has 12 heteroatoms. The minimum atomic E-state index is -1.73. The summed E-state index contributed by atoms with van der Waals surface area (Å²) in [5.74, 6) is -2.08. The predicted octanol–water partition coefficient (Wildman–Crippen LogP) is 5.94. The molecule has 0 aliphatic carbocycles. The van der Waals surface area contributed by atoms with Gasteiger partial charge in [-0.3, -0.25) is 14.5 Å². The third-order valence-electron chi connectivity index (χ3n) is 7.55. The summed E-state index contributed by atoms with van der Waals surface area (Å²) in [5.41, 5.74) is 1.66. The van der Waals surface area contributed by atoms with Crippen molar-refractivity contribution < 1.29 is 42.6 Å². The molecule has 0 saturated carbocycles. The van der Waals surface area contributed by atoms with Crippen molar-refractivity contribution in [3.8, 4) is 34.0 Å². The number of hydrogen-bond acceptors (Lipinski definition) is 10. The van der Waals surface area contributed by atoms with E-state index in [4.69, 9.17) is 18.7 Å². The van der Waals surface area contributed by atoms with Crippen molar-refractivity contribution in [3.05, 3.63) is 84.2 Å². The highest BCUT2D eigenvalue weighted by atomic mass is 19.1. The zero-order chi connectivity index (χ0) is 32.0. The van der Waals surface area contributed by atoms with Gasteiger partial charge in [0, 0.05) is 36.3 Å². The third-order valence-corrected chi connectivity index (χ3v) is 7.55. The molecule has 0 radical (unpaired) electrons. The smallest absolute Gasteiger partial charge is 0.480 e. The molecule has 11 nitrogen and oxygen atoms in total. The van der Waals surface area contributed by atoms with E-state index in [2.05, 4.69) is 10.1 Å². The Bertz CT molecular complexity index is 1650. The number of halogens is 1. The number of aromatic nitrogens is 2. The van der Waals surface area contributed by atoms with Crippen LogP contribution >= 0.6 is 0 Å². The number of carboxylic acids is 1. The van der Waals surface area contributed by atoms with Crippen molar-refractivity contribution >= 4 is 18.1 Å². The molecule has 5 rings (SSSR count). The molecule has 0 unspecified atom stereocenters. The van der Waals surface area contributed by atoms with Crippen molar-refractivity contribution in [2.75, 3.05) is 19.9 Å². The standard InChI is InChI=1S/C33H32FN3O8/c1-21(2)44-32(41)43-20-42-31(40)33(30(38)39)14-16-37(17-15-33)19-22-8-10-24(11-9-22)28-35-29(45-36-28)25-12-13-26(27(34)18-25)23-6-4-3-5-7-23/h3-13,18,21H,14-17,19-20H2,1-2H3,(H,38,39). The SMILES string of the molecule is CC(C)OC(=O)OCOC(=O)C1(C(=O)O)CCN(Cc2ccc(-c3noc(-c4ccc(-c5ccccc5)c(F)c4)n3)cc2)CC1. The van der Waals surface area contributed by atoms with Crippen LogP contribution in [0.25, 0.3) is 34.0 Å². The first-order valence-electron chi connectivity index (χ1n) is 14.4. The highest BCUT2D eigenvalue weighted by molar-refractivity contribution is 5.99. The summed E-state index contributed by atoms with van der Waals surface area (Å²) in [4.78, 5) is 42.8. The van der Waals surface area contributed by atoms with Gasteiger partial charge in [0.15, 0.2) is 5.41 Å². The Balaban J connectivity index is 1.16. The van der Waals surface area contributed by atoms with Gasteiger partial charge in [-0.1, -0.05) is 65.8 Å². The summed E-state index contributed by atoms with van der Waals surface area (Å²) in [5, 5.41) is 13.9. The Labute approximate surface area is 258 Å². The van der Waals surface area contributed by atoms with Crippen LogP contribution in [0.1, 0.15) is 32.3 Å². The van der Waals surface area contributed by atoms with Crippen molar-refractivity contribution in [2.24, 2.45) is 5.41 Å². The predicted molar refractivity (Wildman–Crippen MR) is 159 cm³/mol. The van der Waals surface area contributed by atoms with Gasteiger partial charge < -0.3 is 23.8 Å². The normalized spacial score (nSPS) is 14.6. The molecule has 0 bridgehead atoms. The number of piperidine rings is 1. The second-order valence-electron chi connectivity index (χ2n) is 11.0. The Morgan fingerprint density at radius 1 is 0.956 bits per heavy atom. The van der Waals surface area contributed by atoms with Gasteiger partial charge >= 0.3 is 18.1 Å². The third kappa shape index (κ3) is 7.35. The van der Waals surface area contributed by atoms with Crippen molar-refractivity contribution in [1.29, 1.82) is 0 Å². The van der Waals surface area contributed by atoms with Gasteiger partial charge in [0.05, 0.1) is 6.10 Å². The van der Waals surface area contributed by atoms with Crippen LogP contribution in [0.4, 0.5) is 9.18 Å². The van der Waals surface area contributed by atoms with Crippen LogP contribution in [0.3, 0.4) is 0 Å². The van der Waals surface area contributed by atoms with E-state index in [9.17, 15) is 23.9 Å². The summed E-state index contributed by atoms with van der Waals surface area (Å²) in [6.07, 6.45) is -1.35. The second kappa shape index (κ2) is 13.7. The fourth-order valence-electron chi connectivity index (χ4n) is 5.07. The maximum absolute atomic E-state index is 14.9. The number of carbonyl (C=O) groups excluding carboxylic acids is 2. The van der Waals surface area contributed by atoms with Gasteiger partial charge in [-0.2, -0.15) is 4.98 Å². The van der Waals surface area contributed by atoms with Gasteiger partial charge in [-0.05, 0) is 49.9 Å². The molecule has 4 aromatic rings. The van der Waals surface area contributed by atoms with Crippen molar-refractivity contribution in [1.82, 2.24) is 15.0 Å². The van der Waals surface area contributed by atoms with E-state index in [1.165, 1.54) is 6.07 Å². The molecule has 1 aromatic heterocycles. The second-order valence-corrected chi connectivity index (χ2v) is 11.0. The highest BCUT2D eigenvalue weighted by Crippen LogP contribution is 2.34. The first kappa shape index (κ1) is 31.3. The first-order valence-corrected chi connectivity index (χ1v) is 14.4. The van der Waals surface area contributed by atoms with Gasteiger partial charge in [-0.25, -0.2) is 9.18 Å². The molecular formula is C33H32FN3O8. The van der Waals surface area contributed by atoms with E-state index in [0.29, 0.717) is 42.1 Å². The molecule has 0 spiro atoms. The zero-order valence-electron chi connectivity index (χ0n) is 24.8. The number of benzene rings is 3. The van der Waals surface area contributed by atoms with Gasteiger partial charge in [0.25, 0.3) is 5.89 Å². The monoisotopic (exact) mass is 617 g/mol. The summed E-state index contributed by atoms with van der Waals surface area (Å²) >= 11 is 0. The molecule has 1 aliphatic rings. The number of carbonyl (C=O) groups is 3. The van der Waals surface area contributed by atoms with Crippen LogP contribution in [-0.4, -0.2) is 64.2 Å². The van der Waals surface area contributed by atoms with E-state index in [1.807, 2.05) is 59.5 Å². The molecular weight excluding hydrogens is 585 g/mol. The fraction of sp³-hybridized carbons (Fsp3) is 0.303. The number of esters is 1. The lowest BCUT2D eigenvalue weighted by Crippen LogP contribution is -2.49. The fourth-order valence-corrected chi connectivity index (χ4v) is 5.07. The summed E-state index contributed by atoms with van der Waals surface area (Å²) < 4.78 is 34.7. The van der Waals surface area contributed by atoms with Gasteiger partial charge in [-0.15, -0.1) is 0 Å². The van der Waals surface area contributed by atoms with E-state index < -0.39 is 42.2 Å². The average Bonchev–Trinajstić information content (AvgIpc) is 3.52. The lowest BCUT2D eigenvalue weighted by molar-refractivity contribution is -0.179. The van der Waals surface area contributed by atoms with Gasteiger partial charge in [0.2, 0.25) is 12.6 Å². The van der Waals surface area contributed by atoms with E-state index in [1.54, 1.807) is 26.0 Å². The van der Waals surface area contributed by atoms with Crippen LogP contribution in [0.5, 0.6) is 0 Å².